The van der Waals surface area contributed by atoms with Gasteiger partial charge in [0.15, 0.2) is 0 Å². The van der Waals surface area contributed by atoms with Crippen LogP contribution in [0.1, 0.15) is 20.3 Å². The summed E-state index contributed by atoms with van der Waals surface area (Å²) < 4.78 is 0. The Labute approximate surface area is 61.2 Å². The smallest absolute Gasteiger partial charge is 0.130 e. The third-order valence-electron chi connectivity index (χ3n) is 1.09. The van der Waals surface area contributed by atoms with Crippen LogP contribution in [0.4, 0.5) is 0 Å². The molecule has 9 heavy (non-hydrogen) atoms. The SMILES string of the molecule is CSCC(C)CC(C)=O. The molecule has 0 aliphatic carbocycles. The molecule has 0 fully saturated rings. The first-order valence-corrected chi connectivity index (χ1v) is 4.54. The van der Waals surface area contributed by atoms with E-state index in [4.69, 9.17) is 0 Å². The molecule has 0 spiro atoms. The van der Waals surface area contributed by atoms with Gasteiger partial charge >= 0.3 is 0 Å². The van der Waals surface area contributed by atoms with E-state index in [-0.39, 0.29) is 0 Å². The molecule has 54 valence electrons. The lowest BCUT2D eigenvalue weighted by Gasteiger charge is -2.04. The Morgan fingerprint density at radius 3 is 2.56 bits per heavy atom. The number of carbonyl (C=O) groups is 1. The summed E-state index contributed by atoms with van der Waals surface area (Å²) in [5, 5.41) is 0. The first kappa shape index (κ1) is 9.02. The van der Waals surface area contributed by atoms with Gasteiger partial charge in [-0.25, -0.2) is 0 Å². The molecule has 0 bridgehead atoms. The molecule has 0 heterocycles. The van der Waals surface area contributed by atoms with Crippen molar-refractivity contribution < 1.29 is 4.79 Å². The average Bonchev–Trinajstić information content (AvgIpc) is 1.63. The summed E-state index contributed by atoms with van der Waals surface area (Å²) in [5.74, 6) is 1.95. The van der Waals surface area contributed by atoms with Crippen molar-refractivity contribution in [1.29, 1.82) is 0 Å². The minimum absolute atomic E-state index is 0.302. The van der Waals surface area contributed by atoms with Crippen LogP contribution in [0.2, 0.25) is 0 Å². The number of carbonyl (C=O) groups excluding carboxylic acids is 1. The van der Waals surface area contributed by atoms with Crippen molar-refractivity contribution in [2.45, 2.75) is 20.3 Å². The van der Waals surface area contributed by atoms with Crippen LogP contribution in [0.5, 0.6) is 0 Å². The van der Waals surface area contributed by atoms with Crippen LogP contribution < -0.4 is 0 Å². The molecule has 2 heteroatoms. The standard InChI is InChI=1S/C7H14OS/c1-6(5-9-3)4-7(2)8/h6H,4-5H2,1-3H3. The van der Waals surface area contributed by atoms with Crippen LogP contribution in [0, 0.1) is 5.92 Å². The molecular formula is C7H14OS. The van der Waals surface area contributed by atoms with Gasteiger partial charge in [-0.05, 0) is 24.9 Å². The minimum Gasteiger partial charge on any atom is -0.300 e. The van der Waals surface area contributed by atoms with Gasteiger partial charge in [0, 0.05) is 6.42 Å². The Morgan fingerprint density at radius 2 is 2.22 bits per heavy atom. The van der Waals surface area contributed by atoms with E-state index in [2.05, 4.69) is 13.2 Å². The number of thioether (sulfide) groups is 1. The summed E-state index contributed by atoms with van der Waals surface area (Å²) >= 11 is 1.80. The summed E-state index contributed by atoms with van der Waals surface area (Å²) in [4.78, 5) is 10.5. The van der Waals surface area contributed by atoms with Crippen molar-refractivity contribution in [2.24, 2.45) is 5.92 Å². The van der Waals surface area contributed by atoms with E-state index in [1.165, 1.54) is 0 Å². The zero-order chi connectivity index (χ0) is 7.28. The molecule has 0 aromatic heterocycles. The first-order chi connectivity index (χ1) is 4.16. The number of hydrogen-bond donors (Lipinski definition) is 0. The van der Waals surface area contributed by atoms with Gasteiger partial charge < -0.3 is 4.79 Å². The van der Waals surface area contributed by atoms with Crippen molar-refractivity contribution in [1.82, 2.24) is 0 Å². The van der Waals surface area contributed by atoms with Crippen LogP contribution in [-0.2, 0) is 4.79 Å². The van der Waals surface area contributed by atoms with Crippen LogP contribution in [0.15, 0.2) is 0 Å². The first-order valence-electron chi connectivity index (χ1n) is 3.15. The van der Waals surface area contributed by atoms with Crippen LogP contribution in [0.3, 0.4) is 0 Å². The summed E-state index contributed by atoms with van der Waals surface area (Å²) in [7, 11) is 0. The van der Waals surface area contributed by atoms with E-state index >= 15 is 0 Å². The molecule has 0 rings (SSSR count). The van der Waals surface area contributed by atoms with Crippen LogP contribution in [0.25, 0.3) is 0 Å². The largest absolute Gasteiger partial charge is 0.300 e. The second-order valence-corrected chi connectivity index (χ2v) is 3.38. The van der Waals surface area contributed by atoms with E-state index in [1.807, 2.05) is 0 Å². The molecule has 0 saturated heterocycles. The van der Waals surface area contributed by atoms with Crippen LogP contribution >= 0.6 is 11.8 Å². The number of hydrogen-bond acceptors (Lipinski definition) is 2. The van der Waals surface area contributed by atoms with Gasteiger partial charge in [0.1, 0.15) is 5.78 Å². The molecular weight excluding hydrogens is 132 g/mol. The van der Waals surface area contributed by atoms with E-state index in [0.717, 1.165) is 12.2 Å². The van der Waals surface area contributed by atoms with Crippen LogP contribution in [-0.4, -0.2) is 17.8 Å². The van der Waals surface area contributed by atoms with Gasteiger partial charge in [-0.1, -0.05) is 6.92 Å². The summed E-state index contributed by atoms with van der Waals surface area (Å²) in [6.07, 6.45) is 2.80. The monoisotopic (exact) mass is 146 g/mol. The normalized spacial score (nSPS) is 13.2. The van der Waals surface area contributed by atoms with E-state index in [9.17, 15) is 4.79 Å². The summed E-state index contributed by atoms with van der Waals surface area (Å²) in [6.45, 7) is 3.76. The Kier molecular flexibility index (Phi) is 4.87. The lowest BCUT2D eigenvalue weighted by molar-refractivity contribution is -0.117. The summed E-state index contributed by atoms with van der Waals surface area (Å²) in [6, 6.07) is 0. The predicted octanol–water partition coefficient (Wildman–Crippen LogP) is 1.96. The second-order valence-electron chi connectivity index (χ2n) is 2.47. The van der Waals surface area contributed by atoms with E-state index in [0.29, 0.717) is 11.7 Å². The molecule has 0 aliphatic heterocycles. The molecule has 0 aromatic carbocycles. The average molecular weight is 146 g/mol. The van der Waals surface area contributed by atoms with Gasteiger partial charge in [-0.15, -0.1) is 0 Å². The molecule has 0 aromatic rings. The molecule has 0 saturated carbocycles. The summed E-state index contributed by atoms with van der Waals surface area (Å²) in [5.41, 5.74) is 0. The van der Waals surface area contributed by atoms with Crippen molar-refractivity contribution in [3.8, 4) is 0 Å². The third-order valence-corrected chi connectivity index (χ3v) is 1.99. The van der Waals surface area contributed by atoms with Crippen molar-refractivity contribution in [3.05, 3.63) is 0 Å². The highest BCUT2D eigenvalue weighted by molar-refractivity contribution is 7.98. The lowest BCUT2D eigenvalue weighted by Crippen LogP contribution is -2.03. The number of Topliss-reactive ketones (excluding diaryl/α,β-unsaturated/α-hetero) is 1. The van der Waals surface area contributed by atoms with Gasteiger partial charge in [0.05, 0.1) is 0 Å². The molecule has 0 radical (unpaired) electrons. The van der Waals surface area contributed by atoms with Crippen molar-refractivity contribution >= 4 is 17.5 Å². The minimum atomic E-state index is 0.302. The fraction of sp³-hybridized carbons (Fsp3) is 0.857. The second kappa shape index (κ2) is 4.86. The molecule has 0 amide bonds. The molecule has 1 nitrogen and oxygen atoms in total. The van der Waals surface area contributed by atoms with Gasteiger partial charge in [0.2, 0.25) is 0 Å². The molecule has 0 N–H and O–H groups in total. The maximum atomic E-state index is 10.5. The Morgan fingerprint density at radius 1 is 1.67 bits per heavy atom. The zero-order valence-electron chi connectivity index (χ0n) is 6.31. The number of ketones is 1. The topological polar surface area (TPSA) is 17.1 Å². The molecule has 1 unspecified atom stereocenters. The van der Waals surface area contributed by atoms with Gasteiger partial charge in [0.25, 0.3) is 0 Å². The highest BCUT2D eigenvalue weighted by Gasteiger charge is 2.02. The quantitative estimate of drug-likeness (QED) is 0.603. The fourth-order valence-electron chi connectivity index (χ4n) is 0.834. The van der Waals surface area contributed by atoms with Crippen molar-refractivity contribution in [3.63, 3.8) is 0 Å². The lowest BCUT2D eigenvalue weighted by atomic mass is 10.1. The highest BCUT2D eigenvalue weighted by atomic mass is 32.2. The zero-order valence-corrected chi connectivity index (χ0v) is 7.12. The van der Waals surface area contributed by atoms with Crippen molar-refractivity contribution in [2.75, 3.05) is 12.0 Å². The Hall–Kier alpha value is 0.0200. The highest BCUT2D eigenvalue weighted by Crippen LogP contribution is 2.08. The fourth-order valence-corrected chi connectivity index (χ4v) is 1.52. The maximum absolute atomic E-state index is 10.5. The molecule has 1 atom stereocenters. The van der Waals surface area contributed by atoms with Gasteiger partial charge in [-0.3, -0.25) is 0 Å². The number of rotatable bonds is 4. The molecule has 0 aliphatic rings. The van der Waals surface area contributed by atoms with E-state index in [1.54, 1.807) is 18.7 Å². The third kappa shape index (κ3) is 5.90. The van der Waals surface area contributed by atoms with E-state index < -0.39 is 0 Å². The Balaban J connectivity index is 3.26. The van der Waals surface area contributed by atoms with Gasteiger partial charge in [-0.2, -0.15) is 11.8 Å². The Bertz CT molecular complexity index is 90.9. The maximum Gasteiger partial charge on any atom is 0.130 e. The predicted molar refractivity (Wildman–Crippen MR) is 42.8 cm³/mol.